The summed E-state index contributed by atoms with van der Waals surface area (Å²) in [5.74, 6) is 0.849. The van der Waals surface area contributed by atoms with E-state index in [9.17, 15) is 9.59 Å². The number of piperidine rings is 2. The van der Waals surface area contributed by atoms with Gasteiger partial charge in [-0.1, -0.05) is 48.5 Å². The lowest BCUT2D eigenvalue weighted by atomic mass is 9.90. The third-order valence-electron chi connectivity index (χ3n) is 7.44. The fraction of sp³-hybridized carbons (Fsp3) is 0.517. The highest BCUT2D eigenvalue weighted by molar-refractivity contribution is 5.92. The van der Waals surface area contributed by atoms with Crippen LogP contribution in [0.2, 0.25) is 0 Å². The minimum atomic E-state index is -0.0619. The quantitative estimate of drug-likeness (QED) is 0.542. The van der Waals surface area contributed by atoms with Crippen molar-refractivity contribution in [2.24, 2.45) is 5.92 Å². The van der Waals surface area contributed by atoms with E-state index in [1.807, 2.05) is 40.1 Å². The normalized spacial score (nSPS) is 18.8. The first-order chi connectivity index (χ1) is 17.1. The Morgan fingerprint density at radius 2 is 1.61 bits per heavy atom. The molecule has 2 fully saturated rings. The van der Waals surface area contributed by atoms with Crippen LogP contribution in [0.4, 0.5) is 10.5 Å². The molecule has 2 aliphatic heterocycles. The Balaban J connectivity index is 0.00000361. The Morgan fingerprint density at radius 3 is 2.28 bits per heavy atom. The van der Waals surface area contributed by atoms with Crippen LogP contribution in [0.5, 0.6) is 0 Å². The smallest absolute Gasteiger partial charge is 0.322 e. The zero-order valence-electron chi connectivity index (χ0n) is 21.5. The number of likely N-dealkylation sites (tertiary alicyclic amines) is 2. The molecule has 2 aromatic rings. The average molecular weight is 513 g/mol. The lowest BCUT2D eigenvalue weighted by molar-refractivity contribution is -0.130. The van der Waals surface area contributed by atoms with Gasteiger partial charge in [0.05, 0.1) is 0 Å². The molecule has 2 heterocycles. The van der Waals surface area contributed by atoms with Crippen LogP contribution in [0.3, 0.4) is 0 Å². The van der Waals surface area contributed by atoms with Crippen molar-refractivity contribution in [1.82, 2.24) is 15.1 Å². The third-order valence-corrected chi connectivity index (χ3v) is 7.44. The van der Waals surface area contributed by atoms with Gasteiger partial charge in [0.2, 0.25) is 5.91 Å². The molecule has 0 radical (unpaired) electrons. The van der Waals surface area contributed by atoms with Crippen LogP contribution in [0, 0.1) is 5.92 Å². The fourth-order valence-corrected chi connectivity index (χ4v) is 5.40. The molecule has 0 spiro atoms. The van der Waals surface area contributed by atoms with E-state index in [1.54, 1.807) is 6.92 Å². The van der Waals surface area contributed by atoms with Crippen molar-refractivity contribution in [3.8, 4) is 0 Å². The summed E-state index contributed by atoms with van der Waals surface area (Å²) in [7, 11) is 0. The van der Waals surface area contributed by atoms with Crippen molar-refractivity contribution in [1.29, 1.82) is 0 Å². The summed E-state index contributed by atoms with van der Waals surface area (Å²) in [6, 6.07) is 20.7. The molecule has 1 N–H and O–H groups in total. The van der Waals surface area contributed by atoms with Crippen LogP contribution in [0.15, 0.2) is 60.7 Å². The lowest BCUT2D eigenvalue weighted by Gasteiger charge is -2.35. The van der Waals surface area contributed by atoms with Gasteiger partial charge >= 0.3 is 6.03 Å². The number of nitrogens with one attached hydrogen (secondary N) is 1. The molecule has 0 aromatic heterocycles. The summed E-state index contributed by atoms with van der Waals surface area (Å²) in [4.78, 5) is 31.3. The summed E-state index contributed by atoms with van der Waals surface area (Å²) in [5, 5.41) is 3.20. The van der Waals surface area contributed by atoms with Gasteiger partial charge in [-0.3, -0.25) is 9.69 Å². The molecular weight excluding hydrogens is 472 g/mol. The Hall–Kier alpha value is -2.57. The van der Waals surface area contributed by atoms with Gasteiger partial charge in [0.1, 0.15) is 0 Å². The van der Waals surface area contributed by atoms with E-state index in [4.69, 9.17) is 0 Å². The predicted molar refractivity (Wildman–Crippen MR) is 149 cm³/mol. The predicted octanol–water partition coefficient (Wildman–Crippen LogP) is 4.98. The maximum Gasteiger partial charge on any atom is 0.322 e. The molecule has 4 rings (SSSR count). The van der Waals surface area contributed by atoms with Gasteiger partial charge in [-0.2, -0.15) is 0 Å². The van der Waals surface area contributed by atoms with Crippen molar-refractivity contribution >= 4 is 30.0 Å². The van der Waals surface area contributed by atoms with E-state index in [0.29, 0.717) is 13.1 Å². The highest BCUT2D eigenvalue weighted by Gasteiger charge is 2.26. The van der Waals surface area contributed by atoms with Gasteiger partial charge < -0.3 is 15.1 Å². The number of urea groups is 1. The van der Waals surface area contributed by atoms with Crippen LogP contribution < -0.4 is 10.2 Å². The second kappa shape index (κ2) is 14.2. The van der Waals surface area contributed by atoms with Crippen molar-refractivity contribution in [3.05, 3.63) is 66.2 Å². The van der Waals surface area contributed by atoms with Crippen LogP contribution in [-0.4, -0.2) is 67.0 Å². The van der Waals surface area contributed by atoms with Crippen LogP contribution >= 0.6 is 12.4 Å². The van der Waals surface area contributed by atoms with E-state index in [0.717, 1.165) is 57.0 Å². The number of carbonyl (C=O) groups is 2. The van der Waals surface area contributed by atoms with Crippen LogP contribution in [0.1, 0.15) is 44.6 Å². The number of anilines is 1. The van der Waals surface area contributed by atoms with Crippen molar-refractivity contribution in [2.75, 3.05) is 44.2 Å². The standard InChI is InChI=1S/C29H40N4O2.ClH/c1-24(34)32-18-8-12-27(23-32)30-29(35)33(28-13-6-3-7-14-28)19-9-17-31-20-15-26(16-21-31)22-25-10-4-2-5-11-25;/h2-7,10-11,13-14,26-27H,8-9,12,15-23H2,1H3,(H,30,35);1H. The number of hydrogen-bond acceptors (Lipinski definition) is 3. The van der Waals surface area contributed by atoms with Crippen molar-refractivity contribution < 1.29 is 9.59 Å². The van der Waals surface area contributed by atoms with E-state index in [2.05, 4.69) is 40.5 Å². The Kier molecular flexibility index (Phi) is 11.1. The Bertz CT molecular complexity index is 935. The number of benzene rings is 2. The molecule has 0 bridgehead atoms. The number of rotatable bonds is 8. The minimum Gasteiger partial charge on any atom is -0.341 e. The third kappa shape index (κ3) is 8.24. The number of amides is 3. The number of hydrogen-bond donors (Lipinski definition) is 1. The largest absolute Gasteiger partial charge is 0.341 e. The van der Waals surface area contributed by atoms with Gasteiger partial charge in [-0.15, -0.1) is 12.4 Å². The molecule has 3 amide bonds. The molecule has 0 aliphatic carbocycles. The summed E-state index contributed by atoms with van der Waals surface area (Å²) in [6.45, 7) is 6.95. The molecule has 36 heavy (non-hydrogen) atoms. The topological polar surface area (TPSA) is 55.9 Å². The second-order valence-corrected chi connectivity index (χ2v) is 10.1. The number of nitrogens with zero attached hydrogens (tertiary/aromatic N) is 3. The molecular formula is C29H41ClN4O2. The second-order valence-electron chi connectivity index (χ2n) is 10.1. The summed E-state index contributed by atoms with van der Waals surface area (Å²) >= 11 is 0. The van der Waals surface area contributed by atoms with Gasteiger partial charge in [-0.25, -0.2) is 4.79 Å². The number of halogens is 1. The summed E-state index contributed by atoms with van der Waals surface area (Å²) in [5.41, 5.74) is 2.37. The van der Waals surface area contributed by atoms with Gasteiger partial charge in [0, 0.05) is 38.3 Å². The molecule has 0 saturated carbocycles. The SMILES string of the molecule is CC(=O)N1CCCC(NC(=O)N(CCCN2CCC(Cc3ccccc3)CC2)c2ccccc2)C1.Cl. The van der Waals surface area contributed by atoms with Crippen molar-refractivity contribution in [2.45, 2.75) is 51.5 Å². The number of carbonyl (C=O) groups excluding carboxylic acids is 2. The van der Waals surface area contributed by atoms with E-state index in [-0.39, 0.29) is 30.4 Å². The first-order valence-electron chi connectivity index (χ1n) is 13.2. The highest BCUT2D eigenvalue weighted by atomic mass is 35.5. The van der Waals surface area contributed by atoms with Crippen LogP contribution in [0.25, 0.3) is 0 Å². The van der Waals surface area contributed by atoms with E-state index < -0.39 is 0 Å². The summed E-state index contributed by atoms with van der Waals surface area (Å²) < 4.78 is 0. The number of para-hydroxylation sites is 1. The lowest BCUT2D eigenvalue weighted by Crippen LogP contribution is -2.53. The zero-order valence-corrected chi connectivity index (χ0v) is 22.3. The first-order valence-corrected chi connectivity index (χ1v) is 13.2. The maximum absolute atomic E-state index is 13.3. The van der Waals surface area contributed by atoms with Crippen LogP contribution in [-0.2, 0) is 11.2 Å². The molecule has 2 aromatic carbocycles. The molecule has 7 heteroatoms. The average Bonchev–Trinajstić information content (AvgIpc) is 2.89. The van der Waals surface area contributed by atoms with Crippen molar-refractivity contribution in [3.63, 3.8) is 0 Å². The molecule has 196 valence electrons. The molecule has 6 nitrogen and oxygen atoms in total. The van der Waals surface area contributed by atoms with Gasteiger partial charge in [0.15, 0.2) is 0 Å². The van der Waals surface area contributed by atoms with Gasteiger partial charge in [-0.05, 0) is 81.8 Å². The Morgan fingerprint density at radius 1 is 0.944 bits per heavy atom. The van der Waals surface area contributed by atoms with E-state index >= 15 is 0 Å². The summed E-state index contributed by atoms with van der Waals surface area (Å²) in [6.07, 6.45) is 6.44. The maximum atomic E-state index is 13.3. The van der Waals surface area contributed by atoms with Gasteiger partial charge in [0.25, 0.3) is 0 Å². The molecule has 1 atom stereocenters. The molecule has 2 aliphatic rings. The fourth-order valence-electron chi connectivity index (χ4n) is 5.40. The Labute approximate surface area is 222 Å². The van der Waals surface area contributed by atoms with E-state index in [1.165, 1.54) is 24.8 Å². The highest BCUT2D eigenvalue weighted by Crippen LogP contribution is 2.22. The first kappa shape index (κ1) is 28.0. The molecule has 1 unspecified atom stereocenters. The molecule has 2 saturated heterocycles. The zero-order chi connectivity index (χ0) is 24.5. The monoisotopic (exact) mass is 512 g/mol. The minimum absolute atomic E-state index is 0.